The van der Waals surface area contributed by atoms with Gasteiger partial charge in [-0.3, -0.25) is 10.1 Å². The summed E-state index contributed by atoms with van der Waals surface area (Å²) in [4.78, 5) is 10.5. The van der Waals surface area contributed by atoms with Gasteiger partial charge in [-0.05, 0) is 36.8 Å². The van der Waals surface area contributed by atoms with E-state index in [2.05, 4.69) is 5.32 Å². The minimum absolute atomic E-state index is 0.0264. The van der Waals surface area contributed by atoms with Crippen LogP contribution in [0.2, 0.25) is 5.02 Å². The van der Waals surface area contributed by atoms with Gasteiger partial charge in [0.1, 0.15) is 5.82 Å². The van der Waals surface area contributed by atoms with E-state index in [1.165, 1.54) is 18.2 Å². The number of hydrogen-bond acceptors (Lipinski definition) is 3. The molecule has 21 heavy (non-hydrogen) atoms. The van der Waals surface area contributed by atoms with Crippen molar-refractivity contribution in [2.75, 3.05) is 0 Å². The van der Waals surface area contributed by atoms with Crippen LogP contribution < -0.4 is 5.32 Å². The number of nitrogens with zero attached hydrogens (tertiary/aromatic N) is 1. The minimum atomic E-state index is -0.463. The predicted molar refractivity (Wildman–Crippen MR) is 79.8 cm³/mol. The summed E-state index contributed by atoms with van der Waals surface area (Å²) in [6, 6.07) is 10.7. The molecule has 0 heterocycles. The topological polar surface area (TPSA) is 55.2 Å². The van der Waals surface area contributed by atoms with E-state index in [9.17, 15) is 14.5 Å². The van der Waals surface area contributed by atoms with Crippen LogP contribution >= 0.6 is 11.6 Å². The molecule has 0 saturated heterocycles. The maximum atomic E-state index is 13.2. The highest BCUT2D eigenvalue weighted by Gasteiger charge is 2.15. The highest BCUT2D eigenvalue weighted by Crippen LogP contribution is 2.24. The predicted octanol–water partition coefficient (Wildman–Crippen LogP) is 4.24. The normalized spacial score (nSPS) is 12.1. The molecule has 0 fully saturated rings. The van der Waals surface area contributed by atoms with Gasteiger partial charge in [0.05, 0.1) is 4.92 Å². The Balaban J connectivity index is 2.11. The van der Waals surface area contributed by atoms with E-state index in [0.717, 1.165) is 5.56 Å². The molecule has 2 aromatic carbocycles. The van der Waals surface area contributed by atoms with Gasteiger partial charge in [-0.25, -0.2) is 4.39 Å². The lowest BCUT2D eigenvalue weighted by molar-refractivity contribution is -0.385. The van der Waals surface area contributed by atoms with Gasteiger partial charge < -0.3 is 5.32 Å². The Labute approximate surface area is 126 Å². The quantitative estimate of drug-likeness (QED) is 0.664. The Morgan fingerprint density at radius 3 is 2.76 bits per heavy atom. The van der Waals surface area contributed by atoms with Crippen LogP contribution in [0.1, 0.15) is 24.1 Å². The Morgan fingerprint density at radius 1 is 1.33 bits per heavy atom. The van der Waals surface area contributed by atoms with Crippen LogP contribution in [0.4, 0.5) is 10.1 Å². The molecule has 0 aliphatic heterocycles. The summed E-state index contributed by atoms with van der Waals surface area (Å²) in [5.41, 5.74) is 1.29. The monoisotopic (exact) mass is 308 g/mol. The molecule has 0 saturated carbocycles. The Morgan fingerprint density at radius 2 is 2.10 bits per heavy atom. The van der Waals surface area contributed by atoms with Gasteiger partial charge in [0.15, 0.2) is 0 Å². The van der Waals surface area contributed by atoms with Gasteiger partial charge >= 0.3 is 0 Å². The summed E-state index contributed by atoms with van der Waals surface area (Å²) >= 11 is 5.77. The first-order chi connectivity index (χ1) is 9.97. The zero-order valence-electron chi connectivity index (χ0n) is 11.3. The molecule has 0 spiro atoms. The molecule has 2 rings (SSSR count). The summed E-state index contributed by atoms with van der Waals surface area (Å²) in [6.45, 7) is 2.17. The van der Waals surface area contributed by atoms with Crippen LogP contribution in [0.15, 0.2) is 42.5 Å². The average molecular weight is 309 g/mol. The molecule has 6 heteroatoms. The van der Waals surface area contributed by atoms with Crippen LogP contribution in [-0.4, -0.2) is 4.92 Å². The van der Waals surface area contributed by atoms with E-state index in [4.69, 9.17) is 11.6 Å². The van der Waals surface area contributed by atoms with E-state index in [-0.39, 0.29) is 17.5 Å². The molecule has 4 nitrogen and oxygen atoms in total. The summed E-state index contributed by atoms with van der Waals surface area (Å²) in [5, 5.41) is 14.5. The van der Waals surface area contributed by atoms with E-state index in [0.29, 0.717) is 17.1 Å². The van der Waals surface area contributed by atoms with Crippen molar-refractivity contribution in [3.8, 4) is 0 Å². The number of benzene rings is 2. The molecule has 0 aliphatic carbocycles. The van der Waals surface area contributed by atoms with Gasteiger partial charge in [-0.1, -0.05) is 23.7 Å². The molecule has 2 aromatic rings. The Kier molecular flexibility index (Phi) is 4.88. The van der Waals surface area contributed by atoms with E-state index >= 15 is 0 Å². The Bertz CT molecular complexity index is 664. The second-order valence-electron chi connectivity index (χ2n) is 4.69. The molecule has 1 N–H and O–H groups in total. The van der Waals surface area contributed by atoms with Gasteiger partial charge in [0, 0.05) is 29.2 Å². The molecule has 0 aliphatic rings. The number of rotatable bonds is 5. The molecule has 0 aromatic heterocycles. The van der Waals surface area contributed by atoms with Gasteiger partial charge in [0.25, 0.3) is 5.69 Å². The third-order valence-electron chi connectivity index (χ3n) is 3.19. The lowest BCUT2D eigenvalue weighted by Crippen LogP contribution is -2.18. The summed E-state index contributed by atoms with van der Waals surface area (Å²) in [7, 11) is 0. The van der Waals surface area contributed by atoms with Gasteiger partial charge in [-0.2, -0.15) is 0 Å². The van der Waals surface area contributed by atoms with Crippen molar-refractivity contribution >= 4 is 17.3 Å². The van der Waals surface area contributed by atoms with Crippen LogP contribution in [0.25, 0.3) is 0 Å². The summed E-state index contributed by atoms with van der Waals surface area (Å²) in [6.07, 6.45) is 0. The van der Waals surface area contributed by atoms with Crippen LogP contribution in [0, 0.1) is 15.9 Å². The third-order valence-corrected chi connectivity index (χ3v) is 3.43. The zero-order chi connectivity index (χ0) is 15.4. The largest absolute Gasteiger partial charge is 0.306 e. The summed E-state index contributed by atoms with van der Waals surface area (Å²) < 4.78 is 13.2. The average Bonchev–Trinajstić information content (AvgIpc) is 2.45. The van der Waals surface area contributed by atoms with Crippen LogP contribution in [0.5, 0.6) is 0 Å². The van der Waals surface area contributed by atoms with E-state index in [1.807, 2.05) is 6.92 Å². The fraction of sp³-hybridized carbons (Fsp3) is 0.200. The third kappa shape index (κ3) is 4.00. The summed E-state index contributed by atoms with van der Waals surface area (Å²) in [5.74, 6) is -0.307. The lowest BCUT2D eigenvalue weighted by Gasteiger charge is -2.14. The highest BCUT2D eigenvalue weighted by molar-refractivity contribution is 6.30. The highest BCUT2D eigenvalue weighted by atomic mass is 35.5. The van der Waals surface area contributed by atoms with Crippen molar-refractivity contribution in [3.05, 3.63) is 74.5 Å². The number of hydrogen-bond donors (Lipinski definition) is 1. The van der Waals surface area contributed by atoms with Crippen molar-refractivity contribution in [3.63, 3.8) is 0 Å². The van der Waals surface area contributed by atoms with Crippen molar-refractivity contribution < 1.29 is 9.31 Å². The second kappa shape index (κ2) is 6.65. The Hall–Kier alpha value is -1.98. The molecule has 0 unspecified atom stereocenters. The first-order valence-corrected chi connectivity index (χ1v) is 6.77. The lowest BCUT2D eigenvalue weighted by atomic mass is 10.1. The fourth-order valence-electron chi connectivity index (χ4n) is 2.01. The maximum absolute atomic E-state index is 13.2. The van der Waals surface area contributed by atoms with Crippen molar-refractivity contribution in [2.45, 2.75) is 19.5 Å². The SMILES string of the molecule is C[C@H](NCc1ccc(Cl)cc1[N+](=O)[O-])c1cccc(F)c1. The van der Waals surface area contributed by atoms with Gasteiger partial charge in [-0.15, -0.1) is 0 Å². The molecule has 110 valence electrons. The number of nitro benzene ring substituents is 1. The molecule has 1 atom stereocenters. The first-order valence-electron chi connectivity index (χ1n) is 6.39. The number of nitrogens with one attached hydrogen (secondary N) is 1. The van der Waals surface area contributed by atoms with E-state index < -0.39 is 4.92 Å². The number of halogens is 2. The van der Waals surface area contributed by atoms with Crippen molar-refractivity contribution in [1.82, 2.24) is 5.32 Å². The molecule has 0 radical (unpaired) electrons. The molecular weight excluding hydrogens is 295 g/mol. The molecular formula is C15H14ClFN2O2. The van der Waals surface area contributed by atoms with Crippen LogP contribution in [0.3, 0.4) is 0 Å². The minimum Gasteiger partial charge on any atom is -0.306 e. The van der Waals surface area contributed by atoms with Crippen molar-refractivity contribution in [1.29, 1.82) is 0 Å². The fourth-order valence-corrected chi connectivity index (χ4v) is 2.18. The molecule has 0 amide bonds. The first kappa shape index (κ1) is 15.4. The maximum Gasteiger partial charge on any atom is 0.275 e. The van der Waals surface area contributed by atoms with Gasteiger partial charge in [0.2, 0.25) is 0 Å². The number of nitro groups is 1. The molecule has 0 bridgehead atoms. The van der Waals surface area contributed by atoms with Crippen molar-refractivity contribution in [2.24, 2.45) is 0 Å². The second-order valence-corrected chi connectivity index (χ2v) is 5.12. The zero-order valence-corrected chi connectivity index (χ0v) is 12.1. The standard InChI is InChI=1S/C15H14ClFN2O2/c1-10(11-3-2-4-14(17)7-11)18-9-12-5-6-13(16)8-15(12)19(20)21/h2-8,10,18H,9H2,1H3/t10-/m0/s1. The van der Waals surface area contributed by atoms with Crippen LogP contribution in [-0.2, 0) is 6.54 Å². The van der Waals surface area contributed by atoms with E-state index in [1.54, 1.807) is 24.3 Å². The smallest absolute Gasteiger partial charge is 0.275 e.